The van der Waals surface area contributed by atoms with Gasteiger partial charge in [-0.3, -0.25) is 9.69 Å². The van der Waals surface area contributed by atoms with Gasteiger partial charge in [-0.2, -0.15) is 0 Å². The van der Waals surface area contributed by atoms with E-state index < -0.39 is 0 Å². The van der Waals surface area contributed by atoms with Crippen molar-refractivity contribution in [3.63, 3.8) is 0 Å². The number of piperazine rings is 1. The maximum Gasteiger partial charge on any atom is 0.233 e. The standard InChI is InChI=1S/C23H24F2N6OS/c24-18-5-1-16(2-6-18)22(17-3-7-19(25)8-4-17)30-13-11-29(12-14-30)21(32)15-33-23-26-27-28-31(23)20-9-10-20/h1-8,20,22H,9-15H2. The lowest BCUT2D eigenvalue weighted by Crippen LogP contribution is -2.50. The van der Waals surface area contributed by atoms with Crippen molar-refractivity contribution in [3.05, 3.63) is 71.3 Å². The van der Waals surface area contributed by atoms with Crippen LogP contribution >= 0.6 is 11.8 Å². The van der Waals surface area contributed by atoms with Gasteiger partial charge in [-0.05, 0) is 58.7 Å². The number of benzene rings is 2. The zero-order valence-electron chi connectivity index (χ0n) is 18.0. The Kier molecular flexibility index (Phi) is 6.37. The van der Waals surface area contributed by atoms with Crippen LogP contribution in [0.1, 0.15) is 36.1 Å². The van der Waals surface area contributed by atoms with Crippen LogP contribution in [-0.2, 0) is 4.79 Å². The predicted molar refractivity (Wildman–Crippen MR) is 120 cm³/mol. The van der Waals surface area contributed by atoms with E-state index in [1.165, 1.54) is 36.0 Å². The molecule has 0 bridgehead atoms. The number of thioether (sulfide) groups is 1. The Hall–Kier alpha value is -2.85. The van der Waals surface area contributed by atoms with Gasteiger partial charge >= 0.3 is 0 Å². The van der Waals surface area contributed by atoms with Crippen molar-refractivity contribution in [1.29, 1.82) is 0 Å². The van der Waals surface area contributed by atoms with Crippen LogP contribution < -0.4 is 0 Å². The van der Waals surface area contributed by atoms with Gasteiger partial charge in [0, 0.05) is 26.2 Å². The van der Waals surface area contributed by atoms with Crippen molar-refractivity contribution in [2.45, 2.75) is 30.1 Å². The summed E-state index contributed by atoms with van der Waals surface area (Å²) in [5.74, 6) is -0.230. The van der Waals surface area contributed by atoms with E-state index >= 15 is 0 Å². The highest BCUT2D eigenvalue weighted by molar-refractivity contribution is 7.99. The zero-order chi connectivity index (χ0) is 22.8. The van der Waals surface area contributed by atoms with Crippen LogP contribution in [0.15, 0.2) is 53.7 Å². The van der Waals surface area contributed by atoms with Gasteiger partial charge in [0.1, 0.15) is 11.6 Å². The minimum Gasteiger partial charge on any atom is -0.339 e. The van der Waals surface area contributed by atoms with Gasteiger partial charge in [-0.25, -0.2) is 13.5 Å². The second-order valence-electron chi connectivity index (χ2n) is 8.35. The van der Waals surface area contributed by atoms with Crippen LogP contribution in [0.2, 0.25) is 0 Å². The predicted octanol–water partition coefficient (Wildman–Crippen LogP) is 3.31. The van der Waals surface area contributed by atoms with Crippen LogP contribution in [-0.4, -0.2) is 67.8 Å². The molecule has 0 unspecified atom stereocenters. The van der Waals surface area contributed by atoms with Crippen LogP contribution in [0.5, 0.6) is 0 Å². The van der Waals surface area contributed by atoms with Crippen molar-refractivity contribution >= 4 is 17.7 Å². The lowest BCUT2D eigenvalue weighted by molar-refractivity contribution is -0.130. The number of carbonyl (C=O) groups excluding carboxylic acids is 1. The second kappa shape index (κ2) is 9.56. The third kappa shape index (κ3) is 5.06. The molecule has 1 aliphatic carbocycles. The molecule has 172 valence electrons. The molecule has 1 saturated carbocycles. The van der Waals surface area contributed by atoms with E-state index in [0.717, 1.165) is 24.0 Å². The topological polar surface area (TPSA) is 67.2 Å². The molecule has 2 aliphatic rings. The molecular weight excluding hydrogens is 446 g/mol. The van der Waals surface area contributed by atoms with Crippen molar-refractivity contribution in [1.82, 2.24) is 30.0 Å². The van der Waals surface area contributed by atoms with Gasteiger partial charge in [0.25, 0.3) is 0 Å². The summed E-state index contributed by atoms with van der Waals surface area (Å²) in [7, 11) is 0. The molecule has 0 radical (unpaired) electrons. The quantitative estimate of drug-likeness (QED) is 0.494. The first-order valence-corrected chi connectivity index (χ1v) is 12.0. The minimum atomic E-state index is -0.294. The number of amides is 1. The third-order valence-electron chi connectivity index (χ3n) is 6.08. The van der Waals surface area contributed by atoms with Crippen LogP contribution in [0.25, 0.3) is 0 Å². The Morgan fingerprint density at radius 3 is 2.06 bits per heavy atom. The minimum absolute atomic E-state index is 0.0603. The second-order valence-corrected chi connectivity index (χ2v) is 9.29. The number of hydrogen-bond donors (Lipinski definition) is 0. The first-order valence-electron chi connectivity index (χ1n) is 11.0. The molecule has 0 atom stereocenters. The molecule has 0 spiro atoms. The van der Waals surface area contributed by atoms with E-state index in [-0.39, 0.29) is 23.6 Å². The SMILES string of the molecule is O=C(CSc1nnnn1C1CC1)N1CCN(C(c2ccc(F)cc2)c2ccc(F)cc2)CC1. The van der Waals surface area contributed by atoms with Gasteiger partial charge in [0.2, 0.25) is 11.1 Å². The van der Waals surface area contributed by atoms with Gasteiger partial charge in [0.05, 0.1) is 17.8 Å². The first-order chi connectivity index (χ1) is 16.1. The van der Waals surface area contributed by atoms with E-state index in [1.807, 2.05) is 9.58 Å². The van der Waals surface area contributed by atoms with E-state index in [1.54, 1.807) is 24.3 Å². The Balaban J connectivity index is 1.23. The lowest BCUT2D eigenvalue weighted by atomic mass is 9.96. The largest absolute Gasteiger partial charge is 0.339 e. The molecule has 1 aromatic heterocycles. The molecule has 2 aromatic carbocycles. The van der Waals surface area contributed by atoms with Crippen molar-refractivity contribution < 1.29 is 13.6 Å². The summed E-state index contributed by atoms with van der Waals surface area (Å²) in [4.78, 5) is 16.9. The highest BCUT2D eigenvalue weighted by atomic mass is 32.2. The summed E-state index contributed by atoms with van der Waals surface area (Å²) in [6.45, 7) is 2.50. The van der Waals surface area contributed by atoms with Crippen molar-refractivity contribution in [3.8, 4) is 0 Å². The zero-order valence-corrected chi connectivity index (χ0v) is 18.8. The highest BCUT2D eigenvalue weighted by Crippen LogP contribution is 2.36. The molecule has 1 amide bonds. The summed E-state index contributed by atoms with van der Waals surface area (Å²) in [6, 6.07) is 13.1. The van der Waals surface area contributed by atoms with Gasteiger partial charge < -0.3 is 4.90 Å². The lowest BCUT2D eigenvalue weighted by Gasteiger charge is -2.39. The number of carbonyl (C=O) groups is 1. The Labute approximate surface area is 194 Å². The number of halogens is 2. The molecular formula is C23H24F2N6OS. The fraction of sp³-hybridized carbons (Fsp3) is 0.391. The molecule has 5 rings (SSSR count). The smallest absolute Gasteiger partial charge is 0.233 e. The number of hydrogen-bond acceptors (Lipinski definition) is 6. The molecule has 3 aromatic rings. The van der Waals surface area contributed by atoms with E-state index in [4.69, 9.17) is 0 Å². The summed E-state index contributed by atoms with van der Waals surface area (Å²) in [5.41, 5.74) is 1.87. The number of rotatable bonds is 7. The van der Waals surface area contributed by atoms with Gasteiger partial charge in [-0.15, -0.1) is 5.10 Å². The third-order valence-corrected chi connectivity index (χ3v) is 7.00. The van der Waals surface area contributed by atoms with E-state index in [9.17, 15) is 13.6 Å². The molecule has 2 heterocycles. The monoisotopic (exact) mass is 470 g/mol. The molecule has 1 saturated heterocycles. The Morgan fingerprint density at radius 2 is 1.52 bits per heavy atom. The summed E-state index contributed by atoms with van der Waals surface area (Å²) < 4.78 is 28.8. The van der Waals surface area contributed by atoms with E-state index in [0.29, 0.717) is 43.1 Å². The number of tetrazole rings is 1. The molecule has 2 fully saturated rings. The average molecular weight is 471 g/mol. The first kappa shape index (κ1) is 22.0. The fourth-order valence-electron chi connectivity index (χ4n) is 4.18. The summed E-state index contributed by atoms with van der Waals surface area (Å²) in [5, 5.41) is 12.5. The molecule has 1 aliphatic heterocycles. The number of aromatic nitrogens is 4. The summed E-state index contributed by atoms with van der Waals surface area (Å²) in [6.07, 6.45) is 2.16. The van der Waals surface area contributed by atoms with Gasteiger partial charge in [0.15, 0.2) is 0 Å². The molecule has 7 nitrogen and oxygen atoms in total. The summed E-state index contributed by atoms with van der Waals surface area (Å²) >= 11 is 1.38. The normalized spacial score (nSPS) is 17.0. The Bertz CT molecular complexity index is 1050. The van der Waals surface area contributed by atoms with Crippen LogP contribution in [0.3, 0.4) is 0 Å². The van der Waals surface area contributed by atoms with Crippen molar-refractivity contribution in [2.24, 2.45) is 0 Å². The van der Waals surface area contributed by atoms with Crippen LogP contribution in [0, 0.1) is 11.6 Å². The Morgan fingerprint density at radius 1 is 0.939 bits per heavy atom. The average Bonchev–Trinajstić information content (AvgIpc) is 3.58. The van der Waals surface area contributed by atoms with E-state index in [2.05, 4.69) is 20.4 Å². The molecule has 33 heavy (non-hydrogen) atoms. The maximum atomic E-state index is 13.5. The number of nitrogens with zero attached hydrogens (tertiary/aromatic N) is 6. The molecule has 10 heteroatoms. The molecule has 0 N–H and O–H groups in total. The maximum absolute atomic E-state index is 13.5. The van der Waals surface area contributed by atoms with Gasteiger partial charge in [-0.1, -0.05) is 36.0 Å². The highest BCUT2D eigenvalue weighted by Gasteiger charge is 2.30. The van der Waals surface area contributed by atoms with Crippen molar-refractivity contribution in [2.75, 3.05) is 31.9 Å². The van der Waals surface area contributed by atoms with Crippen LogP contribution in [0.4, 0.5) is 8.78 Å². The fourth-order valence-corrected chi connectivity index (χ4v) is 5.03.